The van der Waals surface area contributed by atoms with Crippen LogP contribution in [0, 0.1) is 29.1 Å². The Morgan fingerprint density at radius 3 is 1.73 bits per heavy atom. The first-order valence-electron chi connectivity index (χ1n) is 21.1. The van der Waals surface area contributed by atoms with E-state index < -0.39 is 0 Å². The Morgan fingerprint density at radius 1 is 0.455 bits per heavy atom. The van der Waals surface area contributed by atoms with Crippen molar-refractivity contribution in [3.8, 4) is 33.4 Å². The van der Waals surface area contributed by atoms with Gasteiger partial charge in [0.15, 0.2) is 0 Å². The van der Waals surface area contributed by atoms with Gasteiger partial charge >= 0.3 is 0 Å². The van der Waals surface area contributed by atoms with E-state index in [-0.39, 0.29) is 16.2 Å². The minimum absolute atomic E-state index is 0.131. The first-order valence-corrected chi connectivity index (χ1v) is 21.1. The molecule has 2 bridgehead atoms. The van der Waals surface area contributed by atoms with E-state index in [1.807, 2.05) is 0 Å². The van der Waals surface area contributed by atoms with Gasteiger partial charge in [-0.25, -0.2) is 0 Å². The number of hydrogen-bond acceptors (Lipinski definition) is 1. The summed E-state index contributed by atoms with van der Waals surface area (Å²) in [6.45, 7) is 9.79. The van der Waals surface area contributed by atoms with Gasteiger partial charge in [-0.15, -0.1) is 0 Å². The van der Waals surface area contributed by atoms with E-state index in [1.54, 1.807) is 11.1 Å². The Labute approximate surface area is 327 Å². The van der Waals surface area contributed by atoms with Gasteiger partial charge in [-0.1, -0.05) is 125 Å². The van der Waals surface area contributed by atoms with Gasteiger partial charge in [0.25, 0.3) is 0 Å². The van der Waals surface area contributed by atoms with E-state index in [1.165, 1.54) is 100 Å². The van der Waals surface area contributed by atoms with Crippen LogP contribution in [0.4, 0.5) is 17.1 Å². The lowest BCUT2D eigenvalue weighted by Gasteiger charge is -2.76. The van der Waals surface area contributed by atoms with Crippen molar-refractivity contribution in [3.63, 3.8) is 0 Å². The van der Waals surface area contributed by atoms with Gasteiger partial charge in [-0.2, -0.15) is 0 Å². The summed E-state index contributed by atoms with van der Waals surface area (Å²) in [5.41, 5.74) is 19.2. The molecule has 55 heavy (non-hydrogen) atoms. The average molecular weight is 714 g/mol. The maximum Gasteiger partial charge on any atom is 0.0465 e. The minimum atomic E-state index is 0.131. The second-order valence-corrected chi connectivity index (χ2v) is 19.7. The summed E-state index contributed by atoms with van der Waals surface area (Å²) in [6, 6.07) is 53.8. The highest BCUT2D eigenvalue weighted by atomic mass is 15.1. The Balaban J connectivity index is 1.05. The van der Waals surface area contributed by atoms with E-state index in [9.17, 15) is 0 Å². The van der Waals surface area contributed by atoms with Crippen LogP contribution in [-0.4, -0.2) is 0 Å². The van der Waals surface area contributed by atoms with E-state index >= 15 is 0 Å². The summed E-state index contributed by atoms with van der Waals surface area (Å²) in [7, 11) is 0. The Bertz CT molecular complexity index is 2530. The van der Waals surface area contributed by atoms with Gasteiger partial charge in [0, 0.05) is 22.5 Å². The molecule has 4 fully saturated rings. The molecule has 0 aliphatic heterocycles. The van der Waals surface area contributed by atoms with Crippen LogP contribution in [0.25, 0.3) is 33.4 Å². The molecule has 6 aromatic rings. The second-order valence-electron chi connectivity index (χ2n) is 19.7. The smallest absolute Gasteiger partial charge is 0.0465 e. The zero-order valence-corrected chi connectivity index (χ0v) is 32.8. The summed E-state index contributed by atoms with van der Waals surface area (Å²) in [4.78, 5) is 2.58. The second kappa shape index (κ2) is 10.9. The molecule has 1 nitrogen and oxygen atoms in total. The molecule has 6 aromatic carbocycles. The Kier molecular flexibility index (Phi) is 6.42. The van der Waals surface area contributed by atoms with Gasteiger partial charge in [0.1, 0.15) is 0 Å². The van der Waals surface area contributed by atoms with Crippen molar-refractivity contribution >= 4 is 17.1 Å². The molecule has 6 unspecified atom stereocenters. The van der Waals surface area contributed by atoms with Crippen molar-refractivity contribution < 1.29 is 0 Å². The van der Waals surface area contributed by atoms with Crippen LogP contribution in [0.3, 0.4) is 0 Å². The predicted octanol–water partition coefficient (Wildman–Crippen LogP) is 14.2. The van der Waals surface area contributed by atoms with Gasteiger partial charge in [0.2, 0.25) is 0 Å². The third-order valence-electron chi connectivity index (χ3n) is 16.4. The largest absolute Gasteiger partial charge is 0.310 e. The lowest BCUT2D eigenvalue weighted by molar-refractivity contribution is -0.231. The normalized spacial score (nSPS) is 29.1. The fraction of sp³-hybridized carbons (Fsp3) is 0.333. The topological polar surface area (TPSA) is 3.24 Å². The highest BCUT2D eigenvalue weighted by Crippen LogP contribution is 2.89. The minimum Gasteiger partial charge on any atom is -0.310 e. The molecule has 272 valence electrons. The molecule has 0 heterocycles. The lowest BCUT2D eigenvalue weighted by Crippen LogP contribution is -2.73. The number of hydrogen-bond donors (Lipinski definition) is 0. The van der Waals surface area contributed by atoms with E-state index in [2.05, 4.69) is 172 Å². The highest BCUT2D eigenvalue weighted by Gasteiger charge is 2.84. The molecule has 2 spiro atoms. The SMILES string of the molecule is CC1(C)CCC(C)(C)c2cc(N(c3ccc(-c4ccccc4)cc3)c3ccc4c(c3)C3(c5ccc(-c6ccccc6)cc5-4)C4CC5CC6CC3C64C5)ccc21. The molecular formula is C54H51N. The van der Waals surface area contributed by atoms with Crippen molar-refractivity contribution in [2.24, 2.45) is 29.1 Å². The average Bonchev–Trinajstić information content (AvgIpc) is 3.84. The standard InChI is InChI=1S/C54H51N/c1-51(2)25-26-52(3,4)48-32-42(21-24-46(48)51)55(40-18-15-37(16-19-40)35-11-7-5-8-12-35)41-20-22-43-44-29-38(36-13-9-6-10-14-36)17-23-45(44)54(47(43)31-41)49-28-34-27-39-30-50(54)53(39,49)33-34/h5-24,29,31-32,34,39,49-50H,25-28,30,33H2,1-4H3. The third kappa shape index (κ3) is 4.15. The fourth-order valence-corrected chi connectivity index (χ4v) is 13.9. The molecule has 0 saturated heterocycles. The van der Waals surface area contributed by atoms with E-state index in [0.29, 0.717) is 5.41 Å². The van der Waals surface area contributed by atoms with Crippen LogP contribution in [0.2, 0.25) is 0 Å². The molecule has 12 rings (SSSR count). The van der Waals surface area contributed by atoms with Gasteiger partial charge < -0.3 is 4.90 Å². The van der Waals surface area contributed by atoms with Gasteiger partial charge in [-0.3, -0.25) is 0 Å². The predicted molar refractivity (Wildman–Crippen MR) is 228 cm³/mol. The van der Waals surface area contributed by atoms with E-state index in [4.69, 9.17) is 0 Å². The zero-order valence-electron chi connectivity index (χ0n) is 32.8. The van der Waals surface area contributed by atoms with Crippen LogP contribution in [-0.2, 0) is 16.2 Å². The molecule has 0 radical (unpaired) electrons. The maximum absolute atomic E-state index is 2.67. The van der Waals surface area contributed by atoms with Gasteiger partial charge in [-0.05, 0) is 177 Å². The van der Waals surface area contributed by atoms with Crippen LogP contribution in [0.15, 0.2) is 140 Å². The molecular weight excluding hydrogens is 663 g/mol. The fourth-order valence-electron chi connectivity index (χ4n) is 13.9. The van der Waals surface area contributed by atoms with Crippen molar-refractivity contribution in [2.75, 3.05) is 4.90 Å². The summed E-state index contributed by atoms with van der Waals surface area (Å²) in [5, 5.41) is 0. The Hall–Kier alpha value is -4.88. The number of benzene rings is 6. The Morgan fingerprint density at radius 2 is 1.02 bits per heavy atom. The molecule has 0 aromatic heterocycles. The summed E-state index contributed by atoms with van der Waals surface area (Å²) >= 11 is 0. The van der Waals surface area contributed by atoms with E-state index in [0.717, 1.165) is 23.7 Å². The molecule has 1 heteroatoms. The number of rotatable bonds is 5. The molecule has 6 aliphatic rings. The zero-order chi connectivity index (χ0) is 36.9. The van der Waals surface area contributed by atoms with Crippen LogP contribution >= 0.6 is 0 Å². The highest BCUT2D eigenvalue weighted by molar-refractivity contribution is 5.90. The molecule has 0 amide bonds. The number of nitrogens with zero attached hydrogens (tertiary/aromatic N) is 1. The molecule has 6 atom stereocenters. The van der Waals surface area contributed by atoms with Crippen LogP contribution in [0.5, 0.6) is 0 Å². The van der Waals surface area contributed by atoms with Gasteiger partial charge in [0.05, 0.1) is 0 Å². The first-order chi connectivity index (χ1) is 26.7. The van der Waals surface area contributed by atoms with Crippen LogP contribution < -0.4 is 4.90 Å². The summed E-state index contributed by atoms with van der Waals surface area (Å²) in [5.74, 6) is 3.44. The molecule has 6 aliphatic carbocycles. The van der Waals surface area contributed by atoms with Crippen molar-refractivity contribution in [3.05, 3.63) is 162 Å². The molecule has 0 N–H and O–H groups in total. The number of anilines is 3. The lowest BCUT2D eigenvalue weighted by atomic mass is 9.27. The van der Waals surface area contributed by atoms with Crippen molar-refractivity contribution in [2.45, 2.75) is 82.5 Å². The van der Waals surface area contributed by atoms with Crippen molar-refractivity contribution in [1.29, 1.82) is 0 Å². The van der Waals surface area contributed by atoms with Crippen LogP contribution in [0.1, 0.15) is 88.5 Å². The first kappa shape index (κ1) is 32.4. The third-order valence-corrected chi connectivity index (χ3v) is 16.4. The van der Waals surface area contributed by atoms with Crippen molar-refractivity contribution in [1.82, 2.24) is 0 Å². The quantitative estimate of drug-likeness (QED) is 0.172. The number of fused-ring (bicyclic) bond motifs is 9. The summed E-state index contributed by atoms with van der Waals surface area (Å²) < 4.78 is 0. The molecule has 4 saturated carbocycles. The summed E-state index contributed by atoms with van der Waals surface area (Å²) in [6.07, 6.45) is 8.24. The monoisotopic (exact) mass is 713 g/mol. The maximum atomic E-state index is 2.67.